The second-order valence-corrected chi connectivity index (χ2v) is 12.2. The molecule has 0 aromatic heterocycles. The van der Waals surface area contributed by atoms with Crippen LogP contribution in [0.2, 0.25) is 0 Å². The Morgan fingerprint density at radius 2 is 1.16 bits per heavy atom. The second-order valence-electron chi connectivity index (χ2n) is 12.2. The summed E-state index contributed by atoms with van der Waals surface area (Å²) in [6, 6.07) is 0. The monoisotopic (exact) mass is 541 g/mol. The summed E-state index contributed by atoms with van der Waals surface area (Å²) in [5.74, 6) is -1.19. The molecule has 2 aliphatic heterocycles. The quantitative estimate of drug-likeness (QED) is 0.503. The molecule has 0 aromatic carbocycles. The van der Waals surface area contributed by atoms with Crippen molar-refractivity contribution in [3.05, 3.63) is 0 Å². The van der Waals surface area contributed by atoms with Crippen LogP contribution < -0.4 is 0 Å². The van der Waals surface area contributed by atoms with Gasteiger partial charge in [0.25, 0.3) is 0 Å². The summed E-state index contributed by atoms with van der Waals surface area (Å²) < 4.78 is 10.6. The highest BCUT2D eigenvalue weighted by atomic mass is 16.6. The maximum absolute atomic E-state index is 12.7. The van der Waals surface area contributed by atoms with Gasteiger partial charge in [0.1, 0.15) is 11.2 Å². The molecule has 0 unspecified atom stereocenters. The standard InChI is InChI=1S/C17H32N2O3.C11H19NO4/c1-6-10-18(11-7-2)15(20)14-9-8-12-19(13-14)16(21)22-17(3,4)5;1-11(2,3)16-10(15)12-6-4-5-8(7-12)9(13)14/h14H,6-13H2,1-5H3;8H,4-7H2,1-3H3,(H,13,14)/t14-;8-/m11/s1. The van der Waals surface area contributed by atoms with Gasteiger partial charge >= 0.3 is 18.2 Å². The Balaban J connectivity index is 0.000000399. The molecule has 2 atom stereocenters. The van der Waals surface area contributed by atoms with Crippen molar-refractivity contribution in [1.82, 2.24) is 14.7 Å². The molecule has 0 bridgehead atoms. The SMILES string of the molecule is CC(C)(C)OC(=O)N1CCC[C@@H](C(=O)O)C1.CCCN(CCC)C(=O)[C@@H]1CCCN(C(=O)OC(C)(C)C)C1. The van der Waals surface area contributed by atoms with Gasteiger partial charge in [0, 0.05) is 39.3 Å². The summed E-state index contributed by atoms with van der Waals surface area (Å²) in [4.78, 5) is 52.5. The number of carbonyl (C=O) groups excluding carboxylic acids is 3. The maximum Gasteiger partial charge on any atom is 0.410 e. The molecular formula is C28H51N3O7. The van der Waals surface area contributed by atoms with Crippen LogP contribution in [0.25, 0.3) is 0 Å². The van der Waals surface area contributed by atoms with Crippen molar-refractivity contribution in [2.45, 2.75) is 105 Å². The van der Waals surface area contributed by atoms with Gasteiger partial charge in [0.05, 0.1) is 11.8 Å². The number of carboxylic acid groups (broad SMARTS) is 1. The molecule has 1 N–H and O–H groups in total. The molecule has 3 amide bonds. The molecule has 2 fully saturated rings. The topological polar surface area (TPSA) is 117 Å². The predicted octanol–water partition coefficient (Wildman–Crippen LogP) is 5.00. The van der Waals surface area contributed by atoms with Gasteiger partial charge in [-0.1, -0.05) is 13.8 Å². The molecule has 2 rings (SSSR count). The normalized spacial score (nSPS) is 20.1. The number of amides is 3. The van der Waals surface area contributed by atoms with Crippen LogP contribution in [0.3, 0.4) is 0 Å². The van der Waals surface area contributed by atoms with E-state index in [9.17, 15) is 19.2 Å². The molecule has 2 saturated heterocycles. The third-order valence-corrected chi connectivity index (χ3v) is 6.14. The molecule has 0 aromatic rings. The van der Waals surface area contributed by atoms with Crippen molar-refractivity contribution >= 4 is 24.1 Å². The van der Waals surface area contributed by atoms with Gasteiger partial charge in [-0.25, -0.2) is 9.59 Å². The van der Waals surface area contributed by atoms with Crippen molar-refractivity contribution in [3.8, 4) is 0 Å². The number of ether oxygens (including phenoxy) is 2. The van der Waals surface area contributed by atoms with E-state index in [-0.39, 0.29) is 24.5 Å². The molecule has 0 aliphatic carbocycles. The zero-order chi connectivity index (χ0) is 29.1. The summed E-state index contributed by atoms with van der Waals surface area (Å²) >= 11 is 0. The Morgan fingerprint density at radius 3 is 1.53 bits per heavy atom. The lowest BCUT2D eigenvalue weighted by molar-refractivity contribution is -0.143. The van der Waals surface area contributed by atoms with Crippen LogP contribution in [0.4, 0.5) is 9.59 Å². The average Bonchev–Trinajstić information content (AvgIpc) is 2.82. The van der Waals surface area contributed by atoms with Crippen LogP contribution in [0, 0.1) is 11.8 Å². The summed E-state index contributed by atoms with van der Waals surface area (Å²) in [6.07, 6.45) is 4.29. The molecular weight excluding hydrogens is 490 g/mol. The number of hydrogen-bond acceptors (Lipinski definition) is 6. The number of aliphatic carboxylic acids is 1. The number of rotatable bonds is 6. The van der Waals surface area contributed by atoms with Crippen molar-refractivity contribution in [2.24, 2.45) is 11.8 Å². The molecule has 10 nitrogen and oxygen atoms in total. The number of nitrogens with zero attached hydrogens (tertiary/aromatic N) is 3. The molecule has 0 radical (unpaired) electrons. The van der Waals surface area contributed by atoms with E-state index >= 15 is 0 Å². The molecule has 220 valence electrons. The number of piperidine rings is 2. The summed E-state index contributed by atoms with van der Waals surface area (Å²) in [5, 5.41) is 8.89. The van der Waals surface area contributed by atoms with E-state index in [0.29, 0.717) is 26.1 Å². The third kappa shape index (κ3) is 12.3. The fourth-order valence-corrected chi connectivity index (χ4v) is 4.47. The van der Waals surface area contributed by atoms with Gasteiger partial charge in [-0.05, 0) is 80.1 Å². The number of carbonyl (C=O) groups is 4. The van der Waals surface area contributed by atoms with E-state index in [1.165, 1.54) is 4.90 Å². The highest BCUT2D eigenvalue weighted by Crippen LogP contribution is 2.22. The first-order valence-electron chi connectivity index (χ1n) is 14.0. The number of hydrogen-bond donors (Lipinski definition) is 1. The van der Waals surface area contributed by atoms with E-state index < -0.39 is 29.2 Å². The highest BCUT2D eigenvalue weighted by molar-refractivity contribution is 5.80. The van der Waals surface area contributed by atoms with Crippen LogP contribution in [0.5, 0.6) is 0 Å². The molecule has 2 heterocycles. The lowest BCUT2D eigenvalue weighted by Crippen LogP contribution is -2.48. The van der Waals surface area contributed by atoms with Gasteiger partial charge in [0.15, 0.2) is 0 Å². The predicted molar refractivity (Wildman–Crippen MR) is 146 cm³/mol. The smallest absolute Gasteiger partial charge is 0.410 e. The summed E-state index contributed by atoms with van der Waals surface area (Å²) in [7, 11) is 0. The highest BCUT2D eigenvalue weighted by Gasteiger charge is 2.33. The first-order valence-corrected chi connectivity index (χ1v) is 14.0. The fourth-order valence-electron chi connectivity index (χ4n) is 4.47. The van der Waals surface area contributed by atoms with Crippen LogP contribution >= 0.6 is 0 Å². The van der Waals surface area contributed by atoms with E-state index in [1.807, 2.05) is 25.7 Å². The summed E-state index contributed by atoms with van der Waals surface area (Å²) in [6.45, 7) is 18.8. The zero-order valence-electron chi connectivity index (χ0n) is 24.9. The van der Waals surface area contributed by atoms with Crippen LogP contribution in [0.1, 0.15) is 93.9 Å². The van der Waals surface area contributed by atoms with E-state index in [4.69, 9.17) is 14.6 Å². The Kier molecular flexibility index (Phi) is 13.4. The zero-order valence-corrected chi connectivity index (χ0v) is 24.9. The minimum Gasteiger partial charge on any atom is -0.481 e. The minimum absolute atomic E-state index is 0.0839. The van der Waals surface area contributed by atoms with E-state index in [2.05, 4.69) is 13.8 Å². The van der Waals surface area contributed by atoms with Crippen molar-refractivity contribution in [1.29, 1.82) is 0 Å². The Hall–Kier alpha value is -2.52. The van der Waals surface area contributed by atoms with E-state index in [0.717, 1.165) is 45.2 Å². The molecule has 0 saturated carbocycles. The van der Waals surface area contributed by atoms with Crippen molar-refractivity contribution in [2.75, 3.05) is 39.3 Å². The maximum atomic E-state index is 12.7. The van der Waals surface area contributed by atoms with Gasteiger partial charge in [-0.2, -0.15) is 0 Å². The van der Waals surface area contributed by atoms with Crippen LogP contribution in [-0.2, 0) is 19.1 Å². The first kappa shape index (κ1) is 33.5. The summed E-state index contributed by atoms with van der Waals surface area (Å²) in [5.41, 5.74) is -1.03. The van der Waals surface area contributed by atoms with E-state index in [1.54, 1.807) is 25.7 Å². The molecule has 10 heteroatoms. The average molecular weight is 542 g/mol. The van der Waals surface area contributed by atoms with Gasteiger partial charge < -0.3 is 29.3 Å². The fraction of sp³-hybridized carbons (Fsp3) is 0.857. The molecule has 2 aliphatic rings. The largest absolute Gasteiger partial charge is 0.481 e. The third-order valence-electron chi connectivity index (χ3n) is 6.14. The van der Waals surface area contributed by atoms with Crippen molar-refractivity contribution < 1.29 is 33.8 Å². The van der Waals surface area contributed by atoms with Gasteiger partial charge in [-0.3, -0.25) is 9.59 Å². The molecule has 0 spiro atoms. The minimum atomic E-state index is -0.840. The first-order chi connectivity index (χ1) is 17.6. The second kappa shape index (κ2) is 15.2. The molecule has 38 heavy (non-hydrogen) atoms. The van der Waals surface area contributed by atoms with Crippen molar-refractivity contribution in [3.63, 3.8) is 0 Å². The van der Waals surface area contributed by atoms with Crippen LogP contribution in [0.15, 0.2) is 0 Å². The lowest BCUT2D eigenvalue weighted by Gasteiger charge is -2.35. The Morgan fingerprint density at radius 1 is 0.763 bits per heavy atom. The Bertz CT molecular complexity index is 782. The van der Waals surface area contributed by atoms with Gasteiger partial charge in [-0.15, -0.1) is 0 Å². The number of carboxylic acids is 1. The number of likely N-dealkylation sites (tertiary alicyclic amines) is 2. The Labute approximate surface area is 229 Å². The van der Waals surface area contributed by atoms with Gasteiger partial charge in [0.2, 0.25) is 5.91 Å². The van der Waals surface area contributed by atoms with Crippen LogP contribution in [-0.4, -0.2) is 94.3 Å². The lowest BCUT2D eigenvalue weighted by atomic mass is 9.96.